The minimum Gasteiger partial charge on any atom is -0.497 e. The highest BCUT2D eigenvalue weighted by atomic mass is 19.1. The standard InChI is InChI=1S/C28H27FN2O4/c1-30-13-15-31(16-14-30)26-11-7-21(19-3-5-20(6-4-19)28(33)34)17-22(26)8-12-27(32)24-10-9-23(35-2)18-25(24)29/h3-12,17-18H,13-16H2,1-2H3,(H,33,34)/b12-8+. The molecule has 0 bridgehead atoms. The van der Waals surface area contributed by atoms with Crippen LogP contribution in [0.3, 0.4) is 0 Å². The van der Waals surface area contributed by atoms with Crippen molar-refractivity contribution in [1.29, 1.82) is 0 Å². The largest absolute Gasteiger partial charge is 0.497 e. The molecule has 0 atom stereocenters. The lowest BCUT2D eigenvalue weighted by Gasteiger charge is -2.35. The van der Waals surface area contributed by atoms with Gasteiger partial charge in [-0.15, -0.1) is 0 Å². The molecule has 1 saturated heterocycles. The molecule has 1 heterocycles. The molecule has 0 radical (unpaired) electrons. The van der Waals surface area contributed by atoms with Gasteiger partial charge in [0.2, 0.25) is 0 Å². The maximum Gasteiger partial charge on any atom is 0.335 e. The van der Waals surface area contributed by atoms with Crippen molar-refractivity contribution in [3.05, 3.63) is 89.2 Å². The number of nitrogens with zero attached hydrogens (tertiary/aromatic N) is 2. The van der Waals surface area contributed by atoms with Gasteiger partial charge >= 0.3 is 5.97 Å². The van der Waals surface area contributed by atoms with Gasteiger partial charge in [0.05, 0.1) is 18.2 Å². The number of methoxy groups -OCH3 is 1. The molecule has 0 aliphatic carbocycles. The molecule has 3 aromatic rings. The van der Waals surface area contributed by atoms with E-state index in [1.165, 1.54) is 25.3 Å². The van der Waals surface area contributed by atoms with Crippen LogP contribution < -0.4 is 9.64 Å². The molecule has 6 nitrogen and oxygen atoms in total. The Bertz CT molecular complexity index is 1260. The number of halogens is 1. The smallest absolute Gasteiger partial charge is 0.335 e. The van der Waals surface area contributed by atoms with Gasteiger partial charge in [0.15, 0.2) is 5.78 Å². The number of piperazine rings is 1. The predicted octanol–water partition coefficient (Wildman–Crippen LogP) is 4.85. The van der Waals surface area contributed by atoms with E-state index in [0.717, 1.165) is 48.6 Å². The van der Waals surface area contributed by atoms with Gasteiger partial charge in [-0.2, -0.15) is 0 Å². The average molecular weight is 475 g/mol. The molecule has 0 spiro atoms. The molecular weight excluding hydrogens is 447 g/mol. The fourth-order valence-electron chi connectivity index (χ4n) is 4.09. The van der Waals surface area contributed by atoms with Crippen LogP contribution in [-0.4, -0.2) is 62.1 Å². The van der Waals surface area contributed by atoms with E-state index in [2.05, 4.69) is 16.8 Å². The Morgan fingerprint density at radius 2 is 1.63 bits per heavy atom. The minimum absolute atomic E-state index is 0.0244. The molecule has 35 heavy (non-hydrogen) atoms. The van der Waals surface area contributed by atoms with Crippen molar-refractivity contribution in [3.63, 3.8) is 0 Å². The van der Waals surface area contributed by atoms with Crippen molar-refractivity contribution < 1.29 is 23.8 Å². The SMILES string of the molecule is COc1ccc(C(=O)/C=C/c2cc(-c3ccc(C(=O)O)cc3)ccc2N2CCN(C)CC2)c(F)c1. The molecule has 0 aromatic heterocycles. The van der Waals surface area contributed by atoms with Gasteiger partial charge in [-0.25, -0.2) is 9.18 Å². The lowest BCUT2D eigenvalue weighted by Crippen LogP contribution is -2.44. The molecule has 1 N–H and O–H groups in total. The quantitative estimate of drug-likeness (QED) is 0.390. The minimum atomic E-state index is -0.977. The van der Waals surface area contributed by atoms with Crippen molar-refractivity contribution in [1.82, 2.24) is 4.90 Å². The molecule has 1 aliphatic rings. The molecule has 0 saturated carbocycles. The maximum atomic E-state index is 14.4. The number of anilines is 1. The molecule has 1 fully saturated rings. The number of aromatic carboxylic acids is 1. The number of allylic oxidation sites excluding steroid dienone is 1. The number of ketones is 1. The topological polar surface area (TPSA) is 70.1 Å². The summed E-state index contributed by atoms with van der Waals surface area (Å²) in [5.74, 6) is -1.70. The van der Waals surface area contributed by atoms with E-state index in [1.807, 2.05) is 18.2 Å². The van der Waals surface area contributed by atoms with Crippen LogP contribution in [0.4, 0.5) is 10.1 Å². The summed E-state index contributed by atoms with van der Waals surface area (Å²) < 4.78 is 19.4. The molecular formula is C28H27FN2O4. The highest BCUT2D eigenvalue weighted by Crippen LogP contribution is 2.30. The van der Waals surface area contributed by atoms with Crippen LogP contribution in [0.25, 0.3) is 17.2 Å². The molecule has 1 aliphatic heterocycles. The van der Waals surface area contributed by atoms with Gasteiger partial charge in [-0.1, -0.05) is 18.2 Å². The highest BCUT2D eigenvalue weighted by molar-refractivity contribution is 6.07. The Kier molecular flexibility index (Phi) is 7.27. The number of rotatable bonds is 7. The van der Waals surface area contributed by atoms with E-state index in [0.29, 0.717) is 5.75 Å². The van der Waals surface area contributed by atoms with Crippen LogP contribution in [0.15, 0.2) is 66.7 Å². The van der Waals surface area contributed by atoms with Gasteiger partial charge < -0.3 is 19.6 Å². The second-order valence-corrected chi connectivity index (χ2v) is 8.49. The number of carbonyl (C=O) groups excluding carboxylic acids is 1. The van der Waals surface area contributed by atoms with Crippen LogP contribution in [0.5, 0.6) is 5.75 Å². The Morgan fingerprint density at radius 3 is 2.26 bits per heavy atom. The van der Waals surface area contributed by atoms with E-state index in [1.54, 1.807) is 36.4 Å². The van der Waals surface area contributed by atoms with Gasteiger partial charge in [0, 0.05) is 37.9 Å². The van der Waals surface area contributed by atoms with Crippen molar-refractivity contribution in [2.45, 2.75) is 0 Å². The molecule has 7 heteroatoms. The third-order valence-electron chi connectivity index (χ3n) is 6.19. The van der Waals surface area contributed by atoms with E-state index >= 15 is 0 Å². The number of carboxylic acids is 1. The summed E-state index contributed by atoms with van der Waals surface area (Å²) >= 11 is 0. The molecule has 180 valence electrons. The zero-order chi connectivity index (χ0) is 24.9. The van der Waals surface area contributed by atoms with Crippen LogP contribution in [0, 0.1) is 5.82 Å². The first-order valence-electron chi connectivity index (χ1n) is 11.3. The third-order valence-corrected chi connectivity index (χ3v) is 6.19. The van der Waals surface area contributed by atoms with Gasteiger partial charge in [0.1, 0.15) is 11.6 Å². The molecule has 3 aromatic carbocycles. The second kappa shape index (κ2) is 10.5. The summed E-state index contributed by atoms with van der Waals surface area (Å²) in [6, 6.07) is 16.8. The van der Waals surface area contributed by atoms with E-state index in [9.17, 15) is 19.1 Å². The Morgan fingerprint density at radius 1 is 0.943 bits per heavy atom. The number of hydrogen-bond acceptors (Lipinski definition) is 5. The molecule has 4 rings (SSSR count). The average Bonchev–Trinajstić information content (AvgIpc) is 2.87. The lowest BCUT2D eigenvalue weighted by atomic mass is 9.99. The molecule has 0 unspecified atom stereocenters. The number of likely N-dealkylation sites (N-methyl/N-ethyl adjacent to an activating group) is 1. The van der Waals surface area contributed by atoms with E-state index in [-0.39, 0.29) is 11.1 Å². The monoisotopic (exact) mass is 474 g/mol. The van der Waals surface area contributed by atoms with E-state index < -0.39 is 17.6 Å². The fraction of sp³-hybridized carbons (Fsp3) is 0.214. The fourth-order valence-corrected chi connectivity index (χ4v) is 4.09. The molecule has 0 amide bonds. The second-order valence-electron chi connectivity index (χ2n) is 8.49. The summed E-state index contributed by atoms with van der Waals surface area (Å²) in [4.78, 5) is 28.5. The number of ether oxygens (including phenoxy) is 1. The first-order valence-corrected chi connectivity index (χ1v) is 11.3. The third kappa shape index (κ3) is 5.58. The number of benzene rings is 3. The zero-order valence-corrected chi connectivity index (χ0v) is 19.7. The Labute approximate surface area is 203 Å². The van der Waals surface area contributed by atoms with Crippen molar-refractivity contribution in [2.24, 2.45) is 0 Å². The summed E-state index contributed by atoms with van der Waals surface area (Å²) in [7, 11) is 3.53. The number of carbonyl (C=O) groups is 2. The summed E-state index contributed by atoms with van der Waals surface area (Å²) in [5, 5.41) is 9.17. The maximum absolute atomic E-state index is 14.4. The normalized spacial score (nSPS) is 14.3. The van der Waals surface area contributed by atoms with E-state index in [4.69, 9.17) is 4.74 Å². The number of carboxylic acid groups (broad SMARTS) is 1. The van der Waals surface area contributed by atoms with Crippen molar-refractivity contribution in [2.75, 3.05) is 45.2 Å². The highest BCUT2D eigenvalue weighted by Gasteiger charge is 2.18. The predicted molar refractivity (Wildman–Crippen MR) is 135 cm³/mol. The van der Waals surface area contributed by atoms with Crippen LogP contribution in [0.1, 0.15) is 26.3 Å². The van der Waals surface area contributed by atoms with Gasteiger partial charge in [0.25, 0.3) is 0 Å². The van der Waals surface area contributed by atoms with Crippen molar-refractivity contribution in [3.8, 4) is 16.9 Å². The van der Waals surface area contributed by atoms with Crippen molar-refractivity contribution >= 4 is 23.5 Å². The summed E-state index contributed by atoms with van der Waals surface area (Å²) in [6.07, 6.45) is 3.10. The first-order chi connectivity index (χ1) is 16.9. The first kappa shape index (κ1) is 24.2. The Hall–Kier alpha value is -3.97. The van der Waals surface area contributed by atoms with Crippen LogP contribution in [-0.2, 0) is 0 Å². The zero-order valence-electron chi connectivity index (χ0n) is 19.7. The summed E-state index contributed by atoms with van der Waals surface area (Å²) in [5.41, 5.74) is 3.77. The lowest BCUT2D eigenvalue weighted by molar-refractivity contribution is 0.0696. The summed E-state index contributed by atoms with van der Waals surface area (Å²) in [6.45, 7) is 3.56. The Balaban J connectivity index is 1.68. The van der Waals surface area contributed by atoms with Gasteiger partial charge in [-0.05, 0) is 72.3 Å². The van der Waals surface area contributed by atoms with Gasteiger partial charge in [-0.3, -0.25) is 4.79 Å². The van der Waals surface area contributed by atoms with Crippen LogP contribution in [0.2, 0.25) is 0 Å². The van der Waals surface area contributed by atoms with Crippen LogP contribution >= 0.6 is 0 Å². The number of hydrogen-bond donors (Lipinski definition) is 1.